The van der Waals surface area contributed by atoms with Crippen LogP contribution in [0.4, 0.5) is 20.3 Å². The third-order valence-corrected chi connectivity index (χ3v) is 6.08. The number of aromatic nitrogens is 2. The first-order valence-corrected chi connectivity index (χ1v) is 10.4. The molecule has 1 aromatic heterocycles. The molecule has 1 spiro atoms. The van der Waals surface area contributed by atoms with Crippen molar-refractivity contribution in [2.24, 2.45) is 5.73 Å². The van der Waals surface area contributed by atoms with Crippen LogP contribution >= 0.6 is 0 Å². The number of anilines is 2. The molecule has 0 fully saturated rings. The number of nitriles is 1. The van der Waals surface area contributed by atoms with E-state index in [1.807, 2.05) is 6.07 Å². The number of aromatic hydroxyl groups is 1. The Bertz CT molecular complexity index is 1410. The zero-order valence-electron chi connectivity index (χ0n) is 18.0. The van der Waals surface area contributed by atoms with Gasteiger partial charge in [0.25, 0.3) is 7.28 Å². The first-order chi connectivity index (χ1) is 16.3. The molecule has 1 unspecified atom stereocenters. The fourth-order valence-electron chi connectivity index (χ4n) is 4.32. The van der Waals surface area contributed by atoms with Gasteiger partial charge in [-0.25, -0.2) is 13.5 Å². The summed E-state index contributed by atoms with van der Waals surface area (Å²) in [5.74, 6) is -3.25. The first kappa shape index (κ1) is 21.4. The molecule has 0 saturated carbocycles. The zero-order chi connectivity index (χ0) is 24.1. The van der Waals surface area contributed by atoms with Gasteiger partial charge < -0.3 is 26.2 Å². The smallest absolute Gasteiger partial charge is 0.251 e. The van der Waals surface area contributed by atoms with Gasteiger partial charge in [-0.1, -0.05) is 23.7 Å². The molecule has 2 aromatic carbocycles. The summed E-state index contributed by atoms with van der Waals surface area (Å²) in [5.41, 5.74) is 5.62. The highest BCUT2D eigenvalue weighted by Crippen LogP contribution is 2.44. The number of hydrogen-bond donors (Lipinski definition) is 4. The van der Waals surface area contributed by atoms with E-state index in [1.165, 1.54) is 30.1 Å². The summed E-state index contributed by atoms with van der Waals surface area (Å²) in [5, 5.41) is 30.1. The SMILES string of the molecule is COc1cc(-c2cc3n(n2)C(N)=C(C#N)C2(/C=C/Nc4ccccc4BC2(F)F)N3)ccc1O. The molecule has 3 aromatic rings. The molecule has 0 bridgehead atoms. The lowest BCUT2D eigenvalue weighted by molar-refractivity contribution is 0.0528. The third-order valence-electron chi connectivity index (χ3n) is 6.08. The van der Waals surface area contributed by atoms with Crippen molar-refractivity contribution < 1.29 is 18.6 Å². The number of hydrogen-bond acceptors (Lipinski definition) is 7. The van der Waals surface area contributed by atoms with Crippen molar-refractivity contribution in [1.29, 1.82) is 5.26 Å². The molecule has 3 heterocycles. The number of phenolic OH excluding ortho intramolecular Hbond substituents is 1. The fourth-order valence-corrected chi connectivity index (χ4v) is 4.32. The van der Waals surface area contributed by atoms with Crippen molar-refractivity contribution in [3.8, 4) is 28.8 Å². The van der Waals surface area contributed by atoms with Gasteiger partial charge in [0.15, 0.2) is 17.0 Å². The average Bonchev–Trinajstić information content (AvgIpc) is 3.24. The molecule has 5 N–H and O–H groups in total. The maximum Gasteiger partial charge on any atom is 0.251 e. The van der Waals surface area contributed by atoms with E-state index in [4.69, 9.17) is 10.5 Å². The minimum Gasteiger partial charge on any atom is -0.504 e. The van der Waals surface area contributed by atoms with Gasteiger partial charge in [-0.05, 0) is 36.5 Å². The minimum atomic E-state index is -3.42. The van der Waals surface area contributed by atoms with E-state index < -0.39 is 18.6 Å². The molecular weight excluding hydrogens is 441 g/mol. The highest BCUT2D eigenvalue weighted by molar-refractivity contribution is 6.58. The first-order valence-electron chi connectivity index (χ1n) is 10.4. The van der Waals surface area contributed by atoms with E-state index in [9.17, 15) is 10.4 Å². The van der Waals surface area contributed by atoms with Crippen LogP contribution in [0.3, 0.4) is 0 Å². The van der Waals surface area contributed by atoms with Gasteiger partial charge in [-0.3, -0.25) is 0 Å². The number of phenols is 1. The van der Waals surface area contributed by atoms with Crippen molar-refractivity contribution in [3.05, 3.63) is 66.4 Å². The van der Waals surface area contributed by atoms with Gasteiger partial charge >= 0.3 is 0 Å². The van der Waals surface area contributed by atoms with Crippen molar-refractivity contribution in [2.45, 2.75) is 11.4 Å². The Morgan fingerprint density at radius 3 is 2.79 bits per heavy atom. The summed E-state index contributed by atoms with van der Waals surface area (Å²) < 4.78 is 38.3. The number of rotatable bonds is 2. The number of ether oxygens (including phenoxy) is 1. The van der Waals surface area contributed by atoms with Crippen LogP contribution < -0.4 is 26.6 Å². The molecule has 0 amide bonds. The second-order valence-corrected chi connectivity index (χ2v) is 8.03. The van der Waals surface area contributed by atoms with Gasteiger partial charge in [0.1, 0.15) is 23.3 Å². The molecule has 11 heteroatoms. The van der Waals surface area contributed by atoms with Crippen LogP contribution in [-0.4, -0.2) is 40.6 Å². The number of alkyl halides is 2. The molecule has 170 valence electrons. The summed E-state index contributed by atoms with van der Waals surface area (Å²) in [4.78, 5) is 0. The molecule has 0 radical (unpaired) electrons. The van der Waals surface area contributed by atoms with Crippen LogP contribution in [0.5, 0.6) is 11.5 Å². The van der Waals surface area contributed by atoms with Crippen molar-refractivity contribution >= 4 is 30.1 Å². The second-order valence-electron chi connectivity index (χ2n) is 8.03. The Labute approximate surface area is 194 Å². The van der Waals surface area contributed by atoms with Gasteiger partial charge in [-0.15, -0.1) is 0 Å². The quantitative estimate of drug-likeness (QED) is 0.434. The lowest BCUT2D eigenvalue weighted by Crippen LogP contribution is -2.62. The molecule has 5 rings (SSSR count). The lowest BCUT2D eigenvalue weighted by atomic mass is 9.55. The van der Waals surface area contributed by atoms with E-state index in [0.717, 1.165) is 0 Å². The number of nitrogens with one attached hydrogen (secondary N) is 2. The predicted molar refractivity (Wildman–Crippen MR) is 126 cm³/mol. The normalized spacial score (nSPS) is 21.0. The number of nitrogens with zero attached hydrogens (tertiary/aromatic N) is 3. The number of benzene rings is 2. The summed E-state index contributed by atoms with van der Waals surface area (Å²) >= 11 is 0. The monoisotopic (exact) mass is 460 g/mol. The minimum absolute atomic E-state index is 0.0504. The zero-order valence-corrected chi connectivity index (χ0v) is 18.0. The molecule has 1 atom stereocenters. The lowest BCUT2D eigenvalue weighted by Gasteiger charge is -2.42. The molecule has 2 aliphatic heterocycles. The van der Waals surface area contributed by atoms with Gasteiger partial charge in [0.2, 0.25) is 5.82 Å². The molecule has 8 nitrogen and oxygen atoms in total. The largest absolute Gasteiger partial charge is 0.504 e. The molecular formula is C23H19BF2N6O2. The van der Waals surface area contributed by atoms with Crippen molar-refractivity contribution in [1.82, 2.24) is 9.78 Å². The van der Waals surface area contributed by atoms with Gasteiger partial charge in [0.05, 0.1) is 12.8 Å². The topological polar surface area (TPSA) is 121 Å². The van der Waals surface area contributed by atoms with Crippen LogP contribution in [0.2, 0.25) is 0 Å². The van der Waals surface area contributed by atoms with Crippen LogP contribution in [0, 0.1) is 11.3 Å². The summed E-state index contributed by atoms with van der Waals surface area (Å²) in [6.45, 7) is 0. The maximum absolute atomic E-state index is 16.0. The van der Waals surface area contributed by atoms with Crippen molar-refractivity contribution in [3.63, 3.8) is 0 Å². The number of nitrogens with two attached hydrogens (primary N) is 1. The summed E-state index contributed by atoms with van der Waals surface area (Å²) in [6, 6.07) is 14.8. The number of methoxy groups -OCH3 is 1. The number of halogens is 2. The highest BCUT2D eigenvalue weighted by Gasteiger charge is 2.58. The maximum atomic E-state index is 16.0. The fraction of sp³-hybridized carbons (Fsp3) is 0.130. The van der Waals surface area contributed by atoms with E-state index in [0.29, 0.717) is 22.4 Å². The van der Waals surface area contributed by atoms with Gasteiger partial charge in [-0.2, -0.15) is 10.4 Å². The molecule has 2 aliphatic rings. The standard InChI is InChI=1S/C23H19BF2N6O2/c1-34-19-10-13(6-7-18(19)33)17-11-20-30-22(14(12-27)21(28)32(20)31-17)8-9-29-16-5-3-2-4-15(16)24-23(22,25)26/h2-11,24,29-30,33H,28H2,1H3/b9-8+. The van der Waals surface area contributed by atoms with E-state index >= 15 is 8.78 Å². The Balaban J connectivity index is 1.64. The molecule has 0 saturated heterocycles. The van der Waals surface area contributed by atoms with E-state index in [2.05, 4.69) is 15.7 Å². The van der Waals surface area contributed by atoms with Gasteiger partial charge in [0, 0.05) is 17.3 Å². The van der Waals surface area contributed by atoms with E-state index in [-0.39, 0.29) is 28.7 Å². The van der Waals surface area contributed by atoms with E-state index in [1.54, 1.807) is 42.5 Å². The third kappa shape index (κ3) is 3.07. The van der Waals surface area contributed by atoms with Crippen molar-refractivity contribution in [2.75, 3.05) is 17.7 Å². The predicted octanol–water partition coefficient (Wildman–Crippen LogP) is 2.37. The molecule has 0 aliphatic carbocycles. The summed E-state index contributed by atoms with van der Waals surface area (Å²) in [6.07, 6.45) is 2.62. The molecule has 34 heavy (non-hydrogen) atoms. The summed E-state index contributed by atoms with van der Waals surface area (Å²) in [7, 11) is 0.791. The van der Waals surface area contributed by atoms with Crippen LogP contribution in [0.25, 0.3) is 17.1 Å². The number of fused-ring (bicyclic) bond motifs is 2. The van der Waals surface area contributed by atoms with Crippen LogP contribution in [0.15, 0.2) is 66.4 Å². The Morgan fingerprint density at radius 1 is 1.24 bits per heavy atom. The highest BCUT2D eigenvalue weighted by atomic mass is 19.3. The Hall–Kier alpha value is -4.46. The average molecular weight is 460 g/mol. The Morgan fingerprint density at radius 2 is 2.03 bits per heavy atom. The van der Waals surface area contributed by atoms with Crippen LogP contribution in [0.1, 0.15) is 0 Å². The van der Waals surface area contributed by atoms with Crippen LogP contribution in [-0.2, 0) is 0 Å². The Kier molecular flexibility index (Phi) is 4.75. The second kappa shape index (κ2) is 7.55. The number of para-hydroxylation sites is 1.